The summed E-state index contributed by atoms with van der Waals surface area (Å²) >= 11 is 0. The summed E-state index contributed by atoms with van der Waals surface area (Å²) in [6.07, 6.45) is 9.28. The number of hydrogen-bond acceptors (Lipinski definition) is 5. The van der Waals surface area contributed by atoms with Crippen molar-refractivity contribution in [1.82, 2.24) is 19.2 Å². The molecule has 2 aliphatic carbocycles. The Balaban J connectivity index is 1.67. The van der Waals surface area contributed by atoms with Crippen LogP contribution in [0.5, 0.6) is 0 Å². The summed E-state index contributed by atoms with van der Waals surface area (Å²) in [5.74, 6) is -0.743. The number of allylic oxidation sites excluding steroid dienone is 2. The third-order valence-electron chi connectivity index (χ3n) is 5.42. The molecule has 9 nitrogen and oxygen atoms in total. The van der Waals surface area contributed by atoms with Crippen LogP contribution in [0.25, 0.3) is 0 Å². The van der Waals surface area contributed by atoms with Gasteiger partial charge in [0.2, 0.25) is 10.0 Å². The number of rotatable bonds is 5. The highest BCUT2D eigenvalue weighted by Gasteiger charge is 2.48. The summed E-state index contributed by atoms with van der Waals surface area (Å²) in [6.45, 7) is 1.87. The van der Waals surface area contributed by atoms with Gasteiger partial charge >= 0.3 is 11.9 Å². The van der Waals surface area contributed by atoms with Gasteiger partial charge in [-0.25, -0.2) is 22.9 Å². The van der Waals surface area contributed by atoms with Gasteiger partial charge in [0.25, 0.3) is 0 Å². The van der Waals surface area contributed by atoms with E-state index in [-0.39, 0.29) is 11.4 Å². The molecule has 0 radical (unpaired) electrons. The summed E-state index contributed by atoms with van der Waals surface area (Å²) < 4.78 is 31.2. The fourth-order valence-electron chi connectivity index (χ4n) is 3.34. The lowest BCUT2D eigenvalue weighted by Gasteiger charge is -2.26. The molecule has 0 bridgehead atoms. The highest BCUT2D eigenvalue weighted by Crippen LogP contribution is 2.36. The van der Waals surface area contributed by atoms with Gasteiger partial charge in [0.15, 0.2) is 12.4 Å². The lowest BCUT2D eigenvalue weighted by atomic mass is 9.94. The van der Waals surface area contributed by atoms with E-state index >= 15 is 0 Å². The van der Waals surface area contributed by atoms with Gasteiger partial charge in [-0.05, 0) is 38.0 Å². The number of urea groups is 1. The minimum atomic E-state index is -3.74. The average Bonchev–Trinajstić information content (AvgIpc) is 3.22. The number of hydrogen-bond donors (Lipinski definition) is 1. The van der Waals surface area contributed by atoms with Crippen LogP contribution >= 0.6 is 0 Å². The maximum Gasteiger partial charge on any atom is 0.501 e. The van der Waals surface area contributed by atoms with Gasteiger partial charge in [-0.15, -0.1) is 0 Å². The average molecular weight is 404 g/mol. The summed E-state index contributed by atoms with van der Waals surface area (Å²) in [6, 6.07) is -0.466. The minimum Gasteiger partial charge on any atom is -0.335 e. The SMILES string of the molecule is Cn1ccnc1CN1C(=O)C2C=C(S(=O)(=O)NC3(C)CC3)C=CC2=[N+](C)C1=O. The van der Waals surface area contributed by atoms with Crippen LogP contribution < -0.4 is 4.72 Å². The second-order valence-corrected chi connectivity index (χ2v) is 9.37. The van der Waals surface area contributed by atoms with Crippen molar-refractivity contribution in [3.8, 4) is 0 Å². The van der Waals surface area contributed by atoms with Crippen LogP contribution in [-0.2, 0) is 28.4 Å². The molecule has 3 amide bonds. The van der Waals surface area contributed by atoms with E-state index < -0.39 is 33.4 Å². The van der Waals surface area contributed by atoms with Crippen LogP contribution in [0.3, 0.4) is 0 Å². The van der Waals surface area contributed by atoms with Crippen LogP contribution in [0.1, 0.15) is 25.6 Å². The lowest BCUT2D eigenvalue weighted by molar-refractivity contribution is -0.406. The number of nitrogens with one attached hydrogen (secondary N) is 1. The van der Waals surface area contributed by atoms with Crippen LogP contribution in [0, 0.1) is 5.92 Å². The molecule has 1 fully saturated rings. The fraction of sp³-hybridized carbons (Fsp3) is 0.444. The summed E-state index contributed by atoms with van der Waals surface area (Å²) in [7, 11) is -0.386. The summed E-state index contributed by atoms with van der Waals surface area (Å²) in [5, 5.41) is 0. The van der Waals surface area contributed by atoms with Crippen molar-refractivity contribution in [2.24, 2.45) is 13.0 Å². The maximum absolute atomic E-state index is 13.1. The van der Waals surface area contributed by atoms with E-state index in [2.05, 4.69) is 9.71 Å². The van der Waals surface area contributed by atoms with Crippen molar-refractivity contribution in [2.75, 3.05) is 7.05 Å². The molecule has 3 aliphatic rings. The van der Waals surface area contributed by atoms with E-state index in [0.29, 0.717) is 11.5 Å². The van der Waals surface area contributed by atoms with Crippen molar-refractivity contribution in [3.05, 3.63) is 41.4 Å². The predicted molar refractivity (Wildman–Crippen MR) is 101 cm³/mol. The zero-order valence-electron chi connectivity index (χ0n) is 15.9. The molecule has 1 aromatic heterocycles. The summed E-state index contributed by atoms with van der Waals surface area (Å²) in [4.78, 5) is 31.1. The molecule has 1 aliphatic heterocycles. The van der Waals surface area contributed by atoms with E-state index in [0.717, 1.165) is 17.7 Å². The molecule has 28 heavy (non-hydrogen) atoms. The Morgan fingerprint density at radius 3 is 2.64 bits per heavy atom. The smallest absolute Gasteiger partial charge is 0.335 e. The number of carbonyl (C=O) groups is 2. The second kappa shape index (κ2) is 6.21. The molecule has 0 saturated heterocycles. The maximum atomic E-state index is 13.1. The van der Waals surface area contributed by atoms with Crippen molar-refractivity contribution in [2.45, 2.75) is 31.8 Å². The van der Waals surface area contributed by atoms with Gasteiger partial charge in [-0.2, -0.15) is 14.3 Å². The number of carbonyl (C=O) groups excluding carboxylic acids is 2. The molecule has 4 rings (SSSR count). The number of aryl methyl sites for hydroxylation is 1. The molecule has 1 saturated carbocycles. The molecule has 148 valence electrons. The number of aromatic nitrogens is 2. The standard InChI is InChI=1S/C18H22N5O4S/c1-18(6-7-18)20-28(26,27)12-4-5-14-13(10-12)16(24)23(17(25)22(14)3)11-15-19-8-9-21(15)2/h4-5,8-10,13,20H,6-7,11H2,1-3H3/q+1. The van der Waals surface area contributed by atoms with Crippen molar-refractivity contribution < 1.29 is 22.6 Å². The molecule has 0 spiro atoms. The Labute approximate surface area is 163 Å². The zero-order chi connectivity index (χ0) is 20.3. The highest BCUT2D eigenvalue weighted by atomic mass is 32.2. The fourth-order valence-corrected chi connectivity index (χ4v) is 4.87. The number of amides is 3. The van der Waals surface area contributed by atoms with Crippen LogP contribution in [-0.4, -0.2) is 57.7 Å². The summed E-state index contributed by atoms with van der Waals surface area (Å²) in [5.41, 5.74) is 0.0492. The molecule has 0 aromatic carbocycles. The first-order valence-corrected chi connectivity index (χ1v) is 10.5. The van der Waals surface area contributed by atoms with Crippen LogP contribution in [0.4, 0.5) is 4.79 Å². The molecule has 1 unspecified atom stereocenters. The van der Waals surface area contributed by atoms with Crippen molar-refractivity contribution >= 4 is 27.7 Å². The van der Waals surface area contributed by atoms with E-state index in [4.69, 9.17) is 0 Å². The second-order valence-electron chi connectivity index (χ2n) is 7.69. The normalized spacial score (nSPS) is 23.8. The molecule has 2 heterocycles. The number of fused-ring (bicyclic) bond motifs is 1. The number of imidazole rings is 1. The third-order valence-corrected chi connectivity index (χ3v) is 7.07. The molecule has 1 aromatic rings. The largest absolute Gasteiger partial charge is 0.501 e. The molecular formula is C18H22N5O4S+. The van der Waals surface area contributed by atoms with Gasteiger partial charge < -0.3 is 4.57 Å². The third kappa shape index (κ3) is 3.12. The monoisotopic (exact) mass is 404 g/mol. The molecule has 1 atom stereocenters. The quantitative estimate of drug-likeness (QED) is 0.720. The Bertz CT molecular complexity index is 1080. The molecule has 10 heteroatoms. The Morgan fingerprint density at radius 1 is 1.32 bits per heavy atom. The Kier molecular flexibility index (Phi) is 4.16. The molecular weight excluding hydrogens is 382 g/mol. The van der Waals surface area contributed by atoms with E-state index in [1.807, 2.05) is 6.92 Å². The van der Waals surface area contributed by atoms with E-state index in [1.54, 1.807) is 31.1 Å². The lowest BCUT2D eigenvalue weighted by Crippen LogP contribution is -2.53. The van der Waals surface area contributed by atoms with Gasteiger partial charge in [0, 0.05) is 25.0 Å². The van der Waals surface area contributed by atoms with Crippen molar-refractivity contribution in [3.63, 3.8) is 0 Å². The van der Waals surface area contributed by atoms with E-state index in [1.165, 1.54) is 22.8 Å². The van der Waals surface area contributed by atoms with Crippen LogP contribution in [0.2, 0.25) is 0 Å². The predicted octanol–water partition coefficient (Wildman–Crippen LogP) is 0.507. The van der Waals surface area contributed by atoms with Crippen LogP contribution in [0.15, 0.2) is 35.5 Å². The first-order valence-electron chi connectivity index (χ1n) is 8.97. The van der Waals surface area contributed by atoms with Gasteiger partial charge in [0.1, 0.15) is 11.6 Å². The first kappa shape index (κ1) is 18.8. The topological polar surface area (TPSA) is 104 Å². The zero-order valence-corrected chi connectivity index (χ0v) is 16.7. The Hall–Kier alpha value is -2.59. The van der Waals surface area contributed by atoms with Gasteiger partial charge in [0.05, 0.1) is 12.0 Å². The highest BCUT2D eigenvalue weighted by molar-refractivity contribution is 7.93. The van der Waals surface area contributed by atoms with E-state index in [9.17, 15) is 18.0 Å². The minimum absolute atomic E-state index is 0.0191. The first-order chi connectivity index (χ1) is 13.1. The molecule has 1 N–H and O–H groups in total. The number of nitrogens with zero attached hydrogens (tertiary/aromatic N) is 4. The number of sulfonamides is 1. The number of imide groups is 1. The van der Waals surface area contributed by atoms with Gasteiger partial charge in [-0.1, -0.05) is 0 Å². The van der Waals surface area contributed by atoms with Crippen molar-refractivity contribution in [1.29, 1.82) is 0 Å². The van der Waals surface area contributed by atoms with Gasteiger partial charge in [-0.3, -0.25) is 0 Å². The Morgan fingerprint density at radius 2 is 2.04 bits per heavy atom.